The van der Waals surface area contributed by atoms with Crippen molar-refractivity contribution < 1.29 is 0 Å². The Morgan fingerprint density at radius 3 is 3.12 bits per heavy atom. The van der Waals surface area contributed by atoms with Gasteiger partial charge in [0.05, 0.1) is 5.69 Å². The standard InChI is InChI=1S/C13H15BrN2/c1-9-5-10-7-11-8-15-3-2-4-16(11)13(10)12(14)6-9/h5-6,8,15H,2-4,7H2,1H3. The second-order valence-electron chi connectivity index (χ2n) is 4.53. The van der Waals surface area contributed by atoms with Crippen molar-refractivity contribution in [2.45, 2.75) is 19.8 Å². The molecular formula is C13H15BrN2. The van der Waals surface area contributed by atoms with E-state index < -0.39 is 0 Å². The fourth-order valence-electron chi connectivity index (χ4n) is 2.59. The zero-order valence-corrected chi connectivity index (χ0v) is 11.0. The highest BCUT2D eigenvalue weighted by Crippen LogP contribution is 2.41. The predicted octanol–water partition coefficient (Wildman–Crippen LogP) is 2.95. The van der Waals surface area contributed by atoms with Crippen molar-refractivity contribution in [3.63, 3.8) is 0 Å². The van der Waals surface area contributed by atoms with Gasteiger partial charge in [-0.1, -0.05) is 6.07 Å². The first-order chi connectivity index (χ1) is 7.75. The minimum Gasteiger partial charge on any atom is -0.389 e. The first kappa shape index (κ1) is 10.2. The fourth-order valence-corrected chi connectivity index (χ4v) is 3.42. The summed E-state index contributed by atoms with van der Waals surface area (Å²) in [6.45, 7) is 4.35. The molecule has 0 atom stereocenters. The van der Waals surface area contributed by atoms with Crippen LogP contribution in [-0.4, -0.2) is 13.1 Å². The van der Waals surface area contributed by atoms with E-state index in [9.17, 15) is 0 Å². The third-order valence-electron chi connectivity index (χ3n) is 3.25. The number of fused-ring (bicyclic) bond motifs is 3. The van der Waals surface area contributed by atoms with E-state index in [0.29, 0.717) is 0 Å². The molecule has 2 aliphatic rings. The third kappa shape index (κ3) is 1.54. The van der Waals surface area contributed by atoms with Gasteiger partial charge in [0, 0.05) is 35.9 Å². The largest absolute Gasteiger partial charge is 0.389 e. The number of hydrogen-bond acceptors (Lipinski definition) is 2. The number of rotatable bonds is 0. The van der Waals surface area contributed by atoms with Crippen LogP contribution in [0, 0.1) is 6.92 Å². The number of nitrogens with one attached hydrogen (secondary N) is 1. The van der Waals surface area contributed by atoms with Crippen molar-refractivity contribution in [2.24, 2.45) is 0 Å². The molecule has 0 spiro atoms. The molecule has 2 heterocycles. The van der Waals surface area contributed by atoms with Gasteiger partial charge in [-0.2, -0.15) is 0 Å². The maximum Gasteiger partial charge on any atom is 0.0589 e. The minimum atomic E-state index is 1.06. The normalized spacial score (nSPS) is 18.4. The molecule has 1 N–H and O–H groups in total. The number of nitrogens with zero attached hydrogens (tertiary/aromatic N) is 1. The van der Waals surface area contributed by atoms with Gasteiger partial charge >= 0.3 is 0 Å². The second kappa shape index (κ2) is 3.81. The Labute approximate surface area is 104 Å². The quantitative estimate of drug-likeness (QED) is 0.785. The van der Waals surface area contributed by atoms with Gasteiger partial charge in [0.25, 0.3) is 0 Å². The number of allylic oxidation sites excluding steroid dienone is 1. The van der Waals surface area contributed by atoms with E-state index in [0.717, 1.165) is 19.5 Å². The van der Waals surface area contributed by atoms with Crippen LogP contribution in [0.1, 0.15) is 17.5 Å². The van der Waals surface area contributed by atoms with Crippen molar-refractivity contribution in [1.82, 2.24) is 5.32 Å². The minimum absolute atomic E-state index is 1.06. The molecule has 16 heavy (non-hydrogen) atoms. The van der Waals surface area contributed by atoms with Crippen LogP contribution in [0.4, 0.5) is 5.69 Å². The molecule has 0 radical (unpaired) electrons. The average molecular weight is 279 g/mol. The van der Waals surface area contributed by atoms with Crippen molar-refractivity contribution in [3.8, 4) is 0 Å². The lowest BCUT2D eigenvalue weighted by molar-refractivity contribution is 0.772. The predicted molar refractivity (Wildman–Crippen MR) is 70.6 cm³/mol. The van der Waals surface area contributed by atoms with Crippen LogP contribution in [0.25, 0.3) is 0 Å². The third-order valence-corrected chi connectivity index (χ3v) is 3.85. The monoisotopic (exact) mass is 278 g/mol. The molecule has 3 rings (SSSR count). The first-order valence-electron chi connectivity index (χ1n) is 5.75. The van der Waals surface area contributed by atoms with Gasteiger partial charge in [0.1, 0.15) is 0 Å². The maximum atomic E-state index is 3.70. The van der Waals surface area contributed by atoms with Crippen LogP contribution in [0.15, 0.2) is 28.5 Å². The van der Waals surface area contributed by atoms with E-state index in [2.05, 4.69) is 51.4 Å². The Morgan fingerprint density at radius 1 is 1.38 bits per heavy atom. The number of benzene rings is 1. The van der Waals surface area contributed by atoms with Crippen LogP contribution < -0.4 is 10.2 Å². The van der Waals surface area contributed by atoms with Crippen LogP contribution in [-0.2, 0) is 6.42 Å². The van der Waals surface area contributed by atoms with Gasteiger partial charge in [-0.25, -0.2) is 0 Å². The molecule has 0 aliphatic carbocycles. The highest BCUT2D eigenvalue weighted by Gasteiger charge is 2.27. The smallest absolute Gasteiger partial charge is 0.0589 e. The van der Waals surface area contributed by atoms with Gasteiger partial charge < -0.3 is 10.2 Å². The van der Waals surface area contributed by atoms with Crippen LogP contribution in [0.5, 0.6) is 0 Å². The van der Waals surface area contributed by atoms with E-state index in [-0.39, 0.29) is 0 Å². The Balaban J connectivity index is 2.11. The molecule has 2 nitrogen and oxygen atoms in total. The number of halogens is 1. The highest BCUT2D eigenvalue weighted by molar-refractivity contribution is 9.10. The molecule has 0 fully saturated rings. The summed E-state index contributed by atoms with van der Waals surface area (Å²) in [4.78, 5) is 2.44. The molecule has 84 valence electrons. The summed E-state index contributed by atoms with van der Waals surface area (Å²) in [5.41, 5.74) is 5.55. The molecule has 0 unspecified atom stereocenters. The molecule has 2 aliphatic heterocycles. The van der Waals surface area contributed by atoms with Gasteiger partial charge in [-0.3, -0.25) is 0 Å². The second-order valence-corrected chi connectivity index (χ2v) is 5.38. The molecule has 0 bridgehead atoms. The van der Waals surface area contributed by atoms with Crippen molar-refractivity contribution in [3.05, 3.63) is 39.6 Å². The summed E-state index contributed by atoms with van der Waals surface area (Å²) < 4.78 is 1.23. The van der Waals surface area contributed by atoms with Crippen LogP contribution in [0.3, 0.4) is 0 Å². The lowest BCUT2D eigenvalue weighted by Crippen LogP contribution is -2.19. The molecule has 0 aromatic heterocycles. The first-order valence-corrected chi connectivity index (χ1v) is 6.54. The SMILES string of the molecule is Cc1cc(Br)c2c(c1)CC1=CNCCCN12. The van der Waals surface area contributed by atoms with Gasteiger partial charge in [-0.15, -0.1) is 0 Å². The van der Waals surface area contributed by atoms with E-state index in [1.807, 2.05) is 0 Å². The van der Waals surface area contributed by atoms with Crippen molar-refractivity contribution in [2.75, 3.05) is 18.0 Å². The fraction of sp³-hybridized carbons (Fsp3) is 0.385. The molecule has 0 amide bonds. The summed E-state index contributed by atoms with van der Waals surface area (Å²) in [6.07, 6.45) is 4.43. The van der Waals surface area contributed by atoms with Gasteiger partial charge in [-0.05, 0) is 46.5 Å². The molecular weight excluding hydrogens is 264 g/mol. The van der Waals surface area contributed by atoms with Gasteiger partial charge in [0.15, 0.2) is 0 Å². The van der Waals surface area contributed by atoms with Crippen LogP contribution in [0.2, 0.25) is 0 Å². The molecule has 0 saturated carbocycles. The summed E-state index contributed by atoms with van der Waals surface area (Å²) >= 11 is 3.70. The maximum absolute atomic E-state index is 3.70. The summed E-state index contributed by atoms with van der Waals surface area (Å²) in [5.74, 6) is 0. The van der Waals surface area contributed by atoms with E-state index in [1.54, 1.807) is 0 Å². The number of hydrogen-bond donors (Lipinski definition) is 1. The van der Waals surface area contributed by atoms with Crippen molar-refractivity contribution >= 4 is 21.6 Å². The summed E-state index contributed by atoms with van der Waals surface area (Å²) in [7, 11) is 0. The lowest BCUT2D eigenvalue weighted by atomic mass is 10.1. The Bertz CT molecular complexity index is 465. The van der Waals surface area contributed by atoms with E-state index in [4.69, 9.17) is 0 Å². The number of anilines is 1. The number of aryl methyl sites for hydroxylation is 1. The molecule has 3 heteroatoms. The topological polar surface area (TPSA) is 15.3 Å². The van der Waals surface area contributed by atoms with E-state index >= 15 is 0 Å². The van der Waals surface area contributed by atoms with Gasteiger partial charge in [0.2, 0.25) is 0 Å². The Kier molecular flexibility index (Phi) is 2.43. The lowest BCUT2D eigenvalue weighted by Gasteiger charge is -2.20. The highest BCUT2D eigenvalue weighted by atomic mass is 79.9. The summed E-state index contributed by atoms with van der Waals surface area (Å²) in [6, 6.07) is 4.51. The van der Waals surface area contributed by atoms with Crippen LogP contribution >= 0.6 is 15.9 Å². The Morgan fingerprint density at radius 2 is 2.25 bits per heavy atom. The van der Waals surface area contributed by atoms with Crippen molar-refractivity contribution in [1.29, 1.82) is 0 Å². The Hall–Kier alpha value is -0.960. The van der Waals surface area contributed by atoms with E-state index in [1.165, 1.54) is 33.4 Å². The molecule has 1 aromatic carbocycles. The zero-order valence-electron chi connectivity index (χ0n) is 9.39. The summed E-state index contributed by atoms with van der Waals surface area (Å²) in [5, 5.41) is 3.37. The average Bonchev–Trinajstić information content (AvgIpc) is 2.42. The zero-order chi connectivity index (χ0) is 11.1. The molecule has 0 saturated heterocycles. The molecule has 1 aromatic rings.